The van der Waals surface area contributed by atoms with Gasteiger partial charge in [-0.25, -0.2) is 0 Å². The maximum Gasteiger partial charge on any atom is 0.416 e. The molecule has 0 radical (unpaired) electrons. The van der Waals surface area contributed by atoms with Gasteiger partial charge in [-0.2, -0.15) is 13.2 Å². The van der Waals surface area contributed by atoms with Crippen molar-refractivity contribution in [2.45, 2.75) is 39.0 Å². The lowest BCUT2D eigenvalue weighted by Gasteiger charge is -2.34. The molecule has 7 nitrogen and oxygen atoms in total. The molecule has 28 heavy (non-hydrogen) atoms. The molecule has 1 aliphatic rings. The minimum Gasteiger partial charge on any atom is -0.353 e. The van der Waals surface area contributed by atoms with Gasteiger partial charge in [0.1, 0.15) is 6.54 Å². The summed E-state index contributed by atoms with van der Waals surface area (Å²) in [4.78, 5) is 39.4. The lowest BCUT2D eigenvalue weighted by molar-refractivity contribution is -0.137. The third kappa shape index (κ3) is 5.00. The van der Waals surface area contributed by atoms with Gasteiger partial charge in [0.05, 0.1) is 29.5 Å². The van der Waals surface area contributed by atoms with E-state index in [0.29, 0.717) is 0 Å². The van der Waals surface area contributed by atoms with Crippen molar-refractivity contribution in [2.75, 3.05) is 30.4 Å². The molecule has 1 aromatic carbocycles. The van der Waals surface area contributed by atoms with Crippen LogP contribution in [0.2, 0.25) is 0 Å². The van der Waals surface area contributed by atoms with Crippen molar-refractivity contribution < 1.29 is 27.6 Å². The third-order valence-electron chi connectivity index (χ3n) is 4.32. The topological polar surface area (TPSA) is 81.8 Å². The number of alkyl halides is 3. The van der Waals surface area contributed by atoms with Crippen LogP contribution in [-0.2, 0) is 20.6 Å². The predicted octanol–water partition coefficient (Wildman–Crippen LogP) is 1.84. The van der Waals surface area contributed by atoms with Gasteiger partial charge >= 0.3 is 6.18 Å². The van der Waals surface area contributed by atoms with E-state index in [2.05, 4.69) is 10.6 Å². The minimum absolute atomic E-state index is 0.0367. The van der Waals surface area contributed by atoms with Crippen LogP contribution in [0, 0.1) is 0 Å². The van der Waals surface area contributed by atoms with Crippen LogP contribution >= 0.6 is 0 Å². The Balaban J connectivity index is 2.22. The van der Waals surface area contributed by atoms with E-state index < -0.39 is 29.6 Å². The Morgan fingerprint density at radius 3 is 2.50 bits per heavy atom. The smallest absolute Gasteiger partial charge is 0.353 e. The van der Waals surface area contributed by atoms with Crippen LogP contribution in [0.1, 0.15) is 26.3 Å². The number of nitrogens with zero attached hydrogens (tertiary/aromatic N) is 2. The number of carbonyl (C=O) groups excluding carboxylic acids is 3. The molecule has 1 aliphatic heterocycles. The molecule has 2 rings (SSSR count). The lowest BCUT2D eigenvalue weighted by Crippen LogP contribution is -2.52. The normalized spacial score (nSPS) is 15.3. The van der Waals surface area contributed by atoms with Gasteiger partial charge in [0.15, 0.2) is 0 Å². The predicted molar refractivity (Wildman–Crippen MR) is 97.8 cm³/mol. The van der Waals surface area contributed by atoms with Crippen LogP contribution < -0.4 is 15.5 Å². The van der Waals surface area contributed by atoms with Crippen molar-refractivity contribution in [3.63, 3.8) is 0 Å². The molecule has 0 aromatic heterocycles. The van der Waals surface area contributed by atoms with Crippen LogP contribution in [0.5, 0.6) is 0 Å². The zero-order valence-electron chi connectivity index (χ0n) is 16.1. The molecule has 2 N–H and O–H groups in total. The van der Waals surface area contributed by atoms with E-state index in [1.54, 1.807) is 14.0 Å². The number of nitrogens with one attached hydrogen (secondary N) is 2. The monoisotopic (exact) mass is 400 g/mol. The standard InChI is InChI=1S/C18H23F3N4O3/c1-10(2)22-15(26)8-24(4)11(3)17(28)25-9-16(27)23-13-7-12(18(19,20)21)5-6-14(13)25/h5-7,10-11H,8-9H2,1-4H3,(H,22,26)(H,23,27). The Hall–Kier alpha value is -2.62. The van der Waals surface area contributed by atoms with Crippen LogP contribution in [0.4, 0.5) is 24.5 Å². The van der Waals surface area contributed by atoms with E-state index >= 15 is 0 Å². The SMILES string of the molecule is CC(C)NC(=O)CN(C)C(C)C(=O)N1CC(=O)Nc2cc(C(F)(F)F)ccc21. The largest absolute Gasteiger partial charge is 0.416 e. The number of halogens is 3. The van der Waals surface area contributed by atoms with Crippen molar-refractivity contribution in [1.29, 1.82) is 0 Å². The molecule has 0 saturated heterocycles. The number of hydrogen-bond donors (Lipinski definition) is 2. The summed E-state index contributed by atoms with van der Waals surface area (Å²) < 4.78 is 38.8. The molecule has 0 aliphatic carbocycles. The van der Waals surface area contributed by atoms with Crippen molar-refractivity contribution in [3.05, 3.63) is 23.8 Å². The number of amides is 3. The number of carbonyl (C=O) groups is 3. The molecule has 0 spiro atoms. The van der Waals surface area contributed by atoms with Crippen molar-refractivity contribution in [2.24, 2.45) is 0 Å². The fourth-order valence-electron chi connectivity index (χ4n) is 2.81. The Morgan fingerprint density at radius 1 is 1.29 bits per heavy atom. The highest BCUT2D eigenvalue weighted by atomic mass is 19.4. The van der Waals surface area contributed by atoms with Gasteiger partial charge in [-0.3, -0.25) is 24.2 Å². The second-order valence-electron chi connectivity index (χ2n) is 7.02. The summed E-state index contributed by atoms with van der Waals surface area (Å²) in [5.74, 6) is -1.34. The molecule has 1 atom stereocenters. The highest BCUT2D eigenvalue weighted by Crippen LogP contribution is 2.37. The first-order valence-electron chi connectivity index (χ1n) is 8.72. The Morgan fingerprint density at radius 2 is 1.93 bits per heavy atom. The average Bonchev–Trinajstić information content (AvgIpc) is 2.57. The Bertz CT molecular complexity index is 780. The summed E-state index contributed by atoms with van der Waals surface area (Å²) in [7, 11) is 1.58. The number of fused-ring (bicyclic) bond motifs is 1. The highest BCUT2D eigenvalue weighted by molar-refractivity contribution is 6.11. The molecule has 0 saturated carbocycles. The fraction of sp³-hybridized carbons (Fsp3) is 0.500. The fourth-order valence-corrected chi connectivity index (χ4v) is 2.81. The molecule has 154 valence electrons. The zero-order chi connectivity index (χ0) is 21.2. The van der Waals surface area contributed by atoms with Crippen molar-refractivity contribution in [1.82, 2.24) is 10.2 Å². The maximum absolute atomic E-state index is 12.9. The van der Waals surface area contributed by atoms with Crippen LogP contribution in [-0.4, -0.2) is 54.8 Å². The quantitative estimate of drug-likeness (QED) is 0.790. The summed E-state index contributed by atoms with van der Waals surface area (Å²) in [6.45, 7) is 4.84. The molecule has 10 heteroatoms. The van der Waals surface area contributed by atoms with E-state index in [9.17, 15) is 27.6 Å². The van der Waals surface area contributed by atoms with Gasteiger partial charge < -0.3 is 10.6 Å². The van der Waals surface area contributed by atoms with Crippen molar-refractivity contribution >= 4 is 29.1 Å². The Labute approximate surface area is 160 Å². The highest BCUT2D eigenvalue weighted by Gasteiger charge is 2.35. The van der Waals surface area contributed by atoms with E-state index in [4.69, 9.17) is 0 Å². The molecule has 3 amide bonds. The second-order valence-corrected chi connectivity index (χ2v) is 7.02. The summed E-state index contributed by atoms with van der Waals surface area (Å²) >= 11 is 0. The van der Waals surface area contributed by atoms with Crippen molar-refractivity contribution in [3.8, 4) is 0 Å². The third-order valence-corrected chi connectivity index (χ3v) is 4.32. The second kappa shape index (κ2) is 8.17. The molecule has 1 heterocycles. The van der Waals surface area contributed by atoms with Gasteiger partial charge in [-0.1, -0.05) is 0 Å². The van der Waals surface area contributed by atoms with Gasteiger partial charge in [0.25, 0.3) is 0 Å². The van der Waals surface area contributed by atoms with Gasteiger partial charge in [-0.15, -0.1) is 0 Å². The molecule has 0 fully saturated rings. The molecular formula is C18H23F3N4O3. The summed E-state index contributed by atoms with van der Waals surface area (Å²) in [5.41, 5.74) is -0.812. The summed E-state index contributed by atoms with van der Waals surface area (Å²) in [5, 5.41) is 5.08. The van der Waals surface area contributed by atoms with E-state index in [0.717, 1.165) is 23.1 Å². The molecular weight excluding hydrogens is 377 g/mol. The van der Waals surface area contributed by atoms with Gasteiger partial charge in [0, 0.05) is 6.04 Å². The van der Waals surface area contributed by atoms with Gasteiger partial charge in [0.2, 0.25) is 17.7 Å². The first-order chi connectivity index (χ1) is 12.9. The number of anilines is 2. The molecule has 1 unspecified atom stereocenters. The Kier molecular flexibility index (Phi) is 6.33. The molecule has 0 bridgehead atoms. The van der Waals surface area contributed by atoms with Crippen LogP contribution in [0.3, 0.4) is 0 Å². The first kappa shape index (κ1) is 21.7. The number of benzene rings is 1. The van der Waals surface area contributed by atoms with E-state index in [1.807, 2.05) is 13.8 Å². The average molecular weight is 400 g/mol. The van der Waals surface area contributed by atoms with Crippen LogP contribution in [0.25, 0.3) is 0 Å². The minimum atomic E-state index is -4.57. The lowest BCUT2D eigenvalue weighted by atomic mass is 10.1. The van der Waals surface area contributed by atoms with Crippen LogP contribution in [0.15, 0.2) is 18.2 Å². The summed E-state index contributed by atoms with van der Waals surface area (Å²) in [6.07, 6.45) is -4.57. The zero-order valence-corrected chi connectivity index (χ0v) is 16.1. The molecule has 1 aromatic rings. The maximum atomic E-state index is 12.9. The van der Waals surface area contributed by atoms with E-state index in [-0.39, 0.29) is 36.4 Å². The number of likely N-dealkylation sites (N-methyl/N-ethyl adjacent to an activating group) is 1. The first-order valence-corrected chi connectivity index (χ1v) is 8.72. The summed E-state index contributed by atoms with van der Waals surface area (Å²) in [6, 6.07) is 2.01. The van der Waals surface area contributed by atoms with E-state index in [1.165, 1.54) is 4.90 Å². The van der Waals surface area contributed by atoms with Gasteiger partial charge in [-0.05, 0) is 46.0 Å². The number of rotatable bonds is 5. The number of hydrogen-bond acceptors (Lipinski definition) is 4.